The highest BCUT2D eigenvalue weighted by Gasteiger charge is 2.40. The van der Waals surface area contributed by atoms with Gasteiger partial charge in [0.15, 0.2) is 5.79 Å². The van der Waals surface area contributed by atoms with Gasteiger partial charge in [-0.1, -0.05) is 24.3 Å². The van der Waals surface area contributed by atoms with Crippen molar-refractivity contribution in [2.24, 2.45) is 7.05 Å². The Hall–Kier alpha value is -3.23. The number of aryl methyl sites for hydroxylation is 1. The van der Waals surface area contributed by atoms with Crippen LogP contribution in [0.2, 0.25) is 0 Å². The number of carbonyl (C=O) groups is 1. The van der Waals surface area contributed by atoms with E-state index in [1.165, 1.54) is 9.13 Å². The van der Waals surface area contributed by atoms with E-state index in [0.717, 1.165) is 5.56 Å². The topological polar surface area (TPSA) is 82.8 Å². The van der Waals surface area contributed by atoms with Crippen LogP contribution < -0.4 is 11.1 Å². The van der Waals surface area contributed by atoms with E-state index in [1.807, 2.05) is 41.3 Å². The third-order valence-corrected chi connectivity index (χ3v) is 6.43. The van der Waals surface area contributed by atoms with Gasteiger partial charge in [-0.2, -0.15) is 0 Å². The van der Waals surface area contributed by atoms with Crippen molar-refractivity contribution in [2.45, 2.75) is 25.2 Å². The molecule has 1 aromatic heterocycles. The first-order chi connectivity index (χ1) is 15.5. The second-order valence-electron chi connectivity index (χ2n) is 8.34. The van der Waals surface area contributed by atoms with E-state index in [0.29, 0.717) is 55.7 Å². The number of hydrogen-bond donors (Lipinski definition) is 0. The number of rotatable bonds is 3. The molecular formula is C24H25N3O5. The average Bonchev–Trinajstić information content (AvgIpc) is 3.28. The van der Waals surface area contributed by atoms with Gasteiger partial charge >= 0.3 is 11.1 Å². The first-order valence-electron chi connectivity index (χ1n) is 10.8. The lowest BCUT2D eigenvalue weighted by Crippen LogP contribution is -2.47. The van der Waals surface area contributed by atoms with Crippen molar-refractivity contribution in [1.82, 2.24) is 14.0 Å². The highest BCUT2D eigenvalue weighted by atomic mass is 16.7. The van der Waals surface area contributed by atoms with Crippen LogP contribution in [0.4, 0.5) is 0 Å². The van der Waals surface area contributed by atoms with Crippen molar-refractivity contribution in [1.29, 1.82) is 0 Å². The molecule has 8 nitrogen and oxygen atoms in total. The van der Waals surface area contributed by atoms with Crippen molar-refractivity contribution in [3.05, 3.63) is 80.4 Å². The third-order valence-electron chi connectivity index (χ3n) is 6.43. The molecule has 2 fully saturated rings. The zero-order valence-electron chi connectivity index (χ0n) is 18.0. The molecule has 2 saturated heterocycles. The van der Waals surface area contributed by atoms with Crippen molar-refractivity contribution in [3.63, 3.8) is 0 Å². The van der Waals surface area contributed by atoms with Crippen LogP contribution in [-0.2, 0) is 23.1 Å². The quantitative estimate of drug-likeness (QED) is 0.585. The fourth-order valence-electron chi connectivity index (χ4n) is 4.56. The molecule has 0 bridgehead atoms. The summed E-state index contributed by atoms with van der Waals surface area (Å²) in [6.07, 6.45) is 1.35. The number of aromatic nitrogens is 2. The number of benzene rings is 2. The van der Waals surface area contributed by atoms with E-state index >= 15 is 0 Å². The molecule has 3 heterocycles. The number of piperidine rings is 1. The zero-order valence-corrected chi connectivity index (χ0v) is 18.0. The van der Waals surface area contributed by atoms with Crippen LogP contribution in [0, 0.1) is 0 Å². The second-order valence-corrected chi connectivity index (χ2v) is 8.34. The number of hydrogen-bond acceptors (Lipinski definition) is 5. The smallest absolute Gasteiger partial charge is 0.317 e. The number of nitrogens with zero attached hydrogens (tertiary/aromatic N) is 3. The lowest BCUT2D eigenvalue weighted by atomic mass is 10.0. The molecule has 3 aromatic rings. The first-order valence-corrected chi connectivity index (χ1v) is 10.8. The van der Waals surface area contributed by atoms with Crippen LogP contribution in [0.25, 0.3) is 11.0 Å². The summed E-state index contributed by atoms with van der Waals surface area (Å²) in [6, 6.07) is 14.5. The van der Waals surface area contributed by atoms with Crippen molar-refractivity contribution >= 4 is 16.9 Å². The fraction of sp³-hybridized carbons (Fsp3) is 0.375. The van der Waals surface area contributed by atoms with E-state index in [9.17, 15) is 14.4 Å². The minimum atomic E-state index is -0.565. The third kappa shape index (κ3) is 3.55. The standard InChI is InChI=1S/C24H25N3O5/c1-25-19-4-2-3-5-20(19)27(23(30)22(25)29)16-17-6-8-18(9-7-17)21(28)26-12-10-24(11-13-26)31-14-15-32-24/h2-9H,10-16H2,1H3. The summed E-state index contributed by atoms with van der Waals surface area (Å²) in [7, 11) is 1.60. The van der Waals surface area contributed by atoms with Crippen LogP contribution in [0.3, 0.4) is 0 Å². The monoisotopic (exact) mass is 435 g/mol. The van der Waals surface area contributed by atoms with E-state index < -0.39 is 16.9 Å². The van der Waals surface area contributed by atoms with Crippen LogP contribution >= 0.6 is 0 Å². The molecule has 0 aliphatic carbocycles. The highest BCUT2D eigenvalue weighted by molar-refractivity contribution is 5.94. The molecule has 0 N–H and O–H groups in total. The van der Waals surface area contributed by atoms with Gasteiger partial charge in [0.25, 0.3) is 5.91 Å². The molecule has 0 atom stereocenters. The molecule has 166 valence electrons. The maximum atomic E-state index is 12.9. The van der Waals surface area contributed by atoms with E-state index in [2.05, 4.69) is 0 Å². The lowest BCUT2D eigenvalue weighted by molar-refractivity contribution is -0.181. The van der Waals surface area contributed by atoms with Gasteiger partial charge in [-0.05, 0) is 29.8 Å². The minimum Gasteiger partial charge on any atom is -0.347 e. The number of para-hydroxylation sites is 2. The molecule has 2 aliphatic rings. The summed E-state index contributed by atoms with van der Waals surface area (Å²) < 4.78 is 14.3. The Labute approximate surface area is 184 Å². The van der Waals surface area contributed by atoms with Crippen molar-refractivity contribution in [2.75, 3.05) is 26.3 Å². The number of amides is 1. The second kappa shape index (κ2) is 8.03. The van der Waals surface area contributed by atoms with Gasteiger partial charge in [0.05, 0.1) is 30.8 Å². The van der Waals surface area contributed by atoms with E-state index in [4.69, 9.17) is 9.47 Å². The molecule has 32 heavy (non-hydrogen) atoms. The fourth-order valence-corrected chi connectivity index (χ4v) is 4.56. The maximum absolute atomic E-state index is 12.9. The molecular weight excluding hydrogens is 410 g/mol. The van der Waals surface area contributed by atoms with Crippen LogP contribution in [0.1, 0.15) is 28.8 Å². The summed E-state index contributed by atoms with van der Waals surface area (Å²) in [4.78, 5) is 39.8. The average molecular weight is 435 g/mol. The Morgan fingerprint density at radius 1 is 0.906 bits per heavy atom. The van der Waals surface area contributed by atoms with Gasteiger partial charge in [0.1, 0.15) is 0 Å². The van der Waals surface area contributed by atoms with Gasteiger partial charge in [0.2, 0.25) is 0 Å². The largest absolute Gasteiger partial charge is 0.347 e. The molecule has 0 radical (unpaired) electrons. The molecule has 0 saturated carbocycles. The number of ether oxygens (including phenoxy) is 2. The minimum absolute atomic E-state index is 0.0272. The summed E-state index contributed by atoms with van der Waals surface area (Å²) in [5, 5.41) is 0. The Kier molecular flexibility index (Phi) is 5.19. The van der Waals surface area contributed by atoms with Gasteiger partial charge in [-0.3, -0.25) is 19.0 Å². The van der Waals surface area contributed by atoms with Crippen molar-refractivity contribution in [3.8, 4) is 0 Å². The Balaban J connectivity index is 1.34. The summed E-state index contributed by atoms with van der Waals surface area (Å²) >= 11 is 0. The molecule has 1 spiro atoms. The molecule has 2 aromatic carbocycles. The maximum Gasteiger partial charge on any atom is 0.317 e. The molecule has 5 rings (SSSR count). The van der Waals surface area contributed by atoms with Gasteiger partial charge in [-0.15, -0.1) is 0 Å². The van der Waals surface area contributed by atoms with Gasteiger partial charge < -0.3 is 18.9 Å². The van der Waals surface area contributed by atoms with Gasteiger partial charge in [0, 0.05) is 38.5 Å². The van der Waals surface area contributed by atoms with Crippen molar-refractivity contribution < 1.29 is 14.3 Å². The summed E-state index contributed by atoms with van der Waals surface area (Å²) in [5.41, 5.74) is 1.70. The van der Waals surface area contributed by atoms with Crippen LogP contribution in [0.15, 0.2) is 58.1 Å². The number of fused-ring (bicyclic) bond motifs is 1. The molecule has 1 amide bonds. The Morgan fingerprint density at radius 2 is 1.53 bits per heavy atom. The first kappa shape index (κ1) is 20.7. The Bertz CT molecular complexity index is 1280. The van der Waals surface area contributed by atoms with E-state index in [-0.39, 0.29) is 12.5 Å². The summed E-state index contributed by atoms with van der Waals surface area (Å²) in [5.74, 6) is -0.538. The zero-order chi connectivity index (χ0) is 22.3. The molecule has 8 heteroatoms. The predicted octanol–water partition coefficient (Wildman–Crippen LogP) is 1.73. The molecule has 0 unspecified atom stereocenters. The van der Waals surface area contributed by atoms with Crippen LogP contribution in [0.5, 0.6) is 0 Å². The van der Waals surface area contributed by atoms with E-state index in [1.54, 1.807) is 19.2 Å². The normalized spacial score (nSPS) is 17.8. The molecule has 2 aliphatic heterocycles. The number of likely N-dealkylation sites (tertiary alicyclic amines) is 1. The summed E-state index contributed by atoms with van der Waals surface area (Å²) in [6.45, 7) is 2.66. The highest BCUT2D eigenvalue weighted by Crippen LogP contribution is 2.31. The Morgan fingerprint density at radius 3 is 2.19 bits per heavy atom. The lowest BCUT2D eigenvalue weighted by Gasteiger charge is -2.37. The SMILES string of the molecule is Cn1c(=O)c(=O)n(Cc2ccc(C(=O)N3CCC4(CC3)OCCO4)cc2)c2ccccc21. The van der Waals surface area contributed by atoms with Gasteiger partial charge in [-0.25, -0.2) is 0 Å². The number of carbonyl (C=O) groups excluding carboxylic acids is 1. The predicted molar refractivity (Wildman–Crippen MR) is 119 cm³/mol. The van der Waals surface area contributed by atoms with Crippen LogP contribution in [-0.4, -0.2) is 52.0 Å².